The van der Waals surface area contributed by atoms with E-state index >= 15 is 0 Å². The van der Waals surface area contributed by atoms with E-state index in [0.29, 0.717) is 12.8 Å². The second-order valence-corrected chi connectivity index (χ2v) is 27.1. The van der Waals surface area contributed by atoms with Crippen LogP contribution in [0.1, 0.15) is 431 Å². The molecule has 5 heteroatoms. The minimum Gasteiger partial charge on any atom is -0.462 e. The lowest BCUT2D eigenvalue weighted by molar-refractivity contribution is -0.161. The van der Waals surface area contributed by atoms with Crippen molar-refractivity contribution < 1.29 is 24.2 Å². The van der Waals surface area contributed by atoms with Crippen LogP contribution in [0.5, 0.6) is 0 Å². The number of hydrogen-bond acceptors (Lipinski definition) is 5. The van der Waals surface area contributed by atoms with Crippen LogP contribution in [0, 0.1) is 0 Å². The minimum absolute atomic E-state index is 0.0597. The summed E-state index contributed by atoms with van der Waals surface area (Å²) in [5.74, 6) is -0.564. The number of carbonyl (C=O) groups excluding carboxylic acids is 2. The molecule has 5 nitrogen and oxygen atoms in total. The zero-order valence-corrected chi connectivity index (χ0v) is 60.0. The maximum Gasteiger partial charge on any atom is 0.306 e. The molecule has 1 atom stereocenters. The first-order chi connectivity index (χ1) is 44.1. The second-order valence-electron chi connectivity index (χ2n) is 27.1. The zero-order valence-electron chi connectivity index (χ0n) is 60.0. The van der Waals surface area contributed by atoms with Gasteiger partial charge < -0.3 is 14.6 Å². The topological polar surface area (TPSA) is 72.8 Å². The SMILES string of the molecule is CC/C=C\C/C=C\C/C=C\C/C=C\C/C=C\C/C=C\CCCCCCCCCCCCCCCCCCCCCCCCC(=O)OC(CO)COC(=O)CCCCCCCCCCCCCCCCCCCCCCCCCCCCCCCCCCCC. The highest BCUT2D eigenvalue weighted by Crippen LogP contribution is 2.20. The van der Waals surface area contributed by atoms with Crippen molar-refractivity contribution in [3.05, 3.63) is 72.9 Å². The van der Waals surface area contributed by atoms with Crippen LogP contribution < -0.4 is 0 Å². The van der Waals surface area contributed by atoms with E-state index < -0.39 is 6.10 Å². The lowest BCUT2D eigenvalue weighted by atomic mass is 10.0. The number of unbranched alkanes of at least 4 members (excludes halogenated alkanes) is 55. The standard InChI is InChI=1S/C84H154O5/c1-3-5-7-9-11-13-15-17-19-21-23-25-27-29-31-33-35-37-39-40-41-42-43-44-45-47-49-51-53-55-57-59-61-63-65-67-69-71-73-75-77-79-84(87)89-82(80-85)81-88-83(86)78-76-74-72-70-68-66-64-62-60-58-56-54-52-50-48-46-38-36-34-32-30-28-26-24-22-20-18-16-14-12-10-8-6-4-2/h5,7,11,13,17,19,23,25,29,31,35,37,82,85H,3-4,6,8-10,12,14-16,18,20-22,24,26-28,30,32-34,36,38-81H2,1-2H3/b7-5-,13-11-,19-17-,25-23-,31-29-,37-35-. The molecule has 0 aromatic carbocycles. The van der Waals surface area contributed by atoms with Crippen LogP contribution in [0.25, 0.3) is 0 Å². The lowest BCUT2D eigenvalue weighted by Crippen LogP contribution is -2.28. The Morgan fingerprint density at radius 3 is 0.730 bits per heavy atom. The van der Waals surface area contributed by atoms with Gasteiger partial charge in [0.15, 0.2) is 6.10 Å². The number of rotatable bonds is 75. The smallest absolute Gasteiger partial charge is 0.306 e. The average Bonchev–Trinajstić information content (AvgIpc) is 3.55. The fourth-order valence-electron chi connectivity index (χ4n) is 12.3. The van der Waals surface area contributed by atoms with E-state index in [4.69, 9.17) is 9.47 Å². The van der Waals surface area contributed by atoms with Crippen LogP contribution in [-0.2, 0) is 19.1 Å². The molecule has 0 aliphatic carbocycles. The molecule has 0 aromatic rings. The van der Waals surface area contributed by atoms with E-state index in [-0.39, 0.29) is 25.2 Å². The van der Waals surface area contributed by atoms with Crippen molar-refractivity contribution in [1.82, 2.24) is 0 Å². The van der Waals surface area contributed by atoms with E-state index in [1.165, 1.54) is 334 Å². The Morgan fingerprint density at radius 2 is 0.483 bits per heavy atom. The molecular formula is C84H154O5. The number of hydrogen-bond donors (Lipinski definition) is 1. The molecule has 0 aromatic heterocycles. The first-order valence-corrected chi connectivity index (χ1v) is 40.0. The average molecular weight is 1240 g/mol. The minimum atomic E-state index is -0.772. The van der Waals surface area contributed by atoms with Crippen LogP contribution in [0.2, 0.25) is 0 Å². The third kappa shape index (κ3) is 77.7. The van der Waals surface area contributed by atoms with Gasteiger partial charge in [-0.05, 0) is 64.2 Å². The van der Waals surface area contributed by atoms with E-state index in [1.54, 1.807) is 0 Å². The number of carbonyl (C=O) groups is 2. The Balaban J connectivity index is 3.38. The van der Waals surface area contributed by atoms with Gasteiger partial charge in [-0.3, -0.25) is 9.59 Å². The van der Waals surface area contributed by atoms with Crippen LogP contribution in [0.4, 0.5) is 0 Å². The highest BCUT2D eigenvalue weighted by atomic mass is 16.6. The summed E-state index contributed by atoms with van der Waals surface area (Å²) in [6, 6.07) is 0. The van der Waals surface area contributed by atoms with Gasteiger partial charge in [-0.25, -0.2) is 0 Å². The molecule has 520 valence electrons. The normalized spacial score (nSPS) is 12.5. The van der Waals surface area contributed by atoms with Crippen molar-refractivity contribution in [3.8, 4) is 0 Å². The highest BCUT2D eigenvalue weighted by molar-refractivity contribution is 5.70. The van der Waals surface area contributed by atoms with Crippen LogP contribution >= 0.6 is 0 Å². The summed E-state index contributed by atoms with van der Waals surface area (Å²) >= 11 is 0. The first-order valence-electron chi connectivity index (χ1n) is 40.0. The summed E-state index contributed by atoms with van der Waals surface area (Å²) in [6.45, 7) is 4.09. The molecule has 0 bridgehead atoms. The van der Waals surface area contributed by atoms with Crippen molar-refractivity contribution in [2.24, 2.45) is 0 Å². The predicted molar refractivity (Wildman–Crippen MR) is 394 cm³/mol. The molecule has 0 radical (unpaired) electrons. The van der Waals surface area contributed by atoms with Crippen molar-refractivity contribution >= 4 is 11.9 Å². The van der Waals surface area contributed by atoms with E-state index in [0.717, 1.165) is 70.6 Å². The molecule has 1 unspecified atom stereocenters. The summed E-state index contributed by atoms with van der Waals surface area (Å²) in [6.07, 6.45) is 111. The quantitative estimate of drug-likeness (QED) is 0.0373. The van der Waals surface area contributed by atoms with Gasteiger partial charge in [-0.2, -0.15) is 0 Å². The molecule has 89 heavy (non-hydrogen) atoms. The second kappa shape index (κ2) is 79.6. The maximum absolute atomic E-state index is 12.4. The fraction of sp³-hybridized carbons (Fsp3) is 0.833. The predicted octanol–water partition coefficient (Wildman–Crippen LogP) is 28.2. The van der Waals surface area contributed by atoms with Crippen molar-refractivity contribution in [2.45, 2.75) is 437 Å². The van der Waals surface area contributed by atoms with Crippen molar-refractivity contribution in [3.63, 3.8) is 0 Å². The van der Waals surface area contributed by atoms with E-state index in [9.17, 15) is 14.7 Å². The number of allylic oxidation sites excluding steroid dienone is 12. The summed E-state index contributed by atoms with van der Waals surface area (Å²) in [5.41, 5.74) is 0. The molecule has 0 heterocycles. The summed E-state index contributed by atoms with van der Waals surface area (Å²) < 4.78 is 10.8. The van der Waals surface area contributed by atoms with Gasteiger partial charge in [0.25, 0.3) is 0 Å². The van der Waals surface area contributed by atoms with Crippen molar-refractivity contribution in [2.75, 3.05) is 13.2 Å². The van der Waals surface area contributed by atoms with Crippen molar-refractivity contribution in [1.29, 1.82) is 0 Å². The van der Waals surface area contributed by atoms with Crippen LogP contribution in [0.15, 0.2) is 72.9 Å². The Bertz CT molecular complexity index is 1550. The molecule has 0 aliphatic heterocycles. The maximum atomic E-state index is 12.4. The number of aliphatic hydroxyl groups excluding tert-OH is 1. The number of esters is 2. The molecular weight excluding hydrogens is 1090 g/mol. The first kappa shape index (κ1) is 86.3. The Morgan fingerprint density at radius 1 is 0.270 bits per heavy atom. The molecule has 1 N–H and O–H groups in total. The fourth-order valence-corrected chi connectivity index (χ4v) is 12.3. The Kier molecular flexibility index (Phi) is 77.2. The van der Waals surface area contributed by atoms with E-state index in [2.05, 4.69) is 86.8 Å². The Hall–Kier alpha value is -2.66. The lowest BCUT2D eigenvalue weighted by Gasteiger charge is -2.15. The summed E-state index contributed by atoms with van der Waals surface area (Å²) in [5, 5.41) is 9.73. The van der Waals surface area contributed by atoms with E-state index in [1.807, 2.05) is 0 Å². The van der Waals surface area contributed by atoms with Gasteiger partial charge in [0.2, 0.25) is 0 Å². The van der Waals surface area contributed by atoms with Gasteiger partial charge >= 0.3 is 11.9 Å². The molecule has 0 spiro atoms. The summed E-state index contributed by atoms with van der Waals surface area (Å²) in [7, 11) is 0. The molecule has 0 aliphatic rings. The molecule has 0 fully saturated rings. The van der Waals surface area contributed by atoms with Gasteiger partial charge in [-0.1, -0.05) is 427 Å². The van der Waals surface area contributed by atoms with Crippen LogP contribution in [0.3, 0.4) is 0 Å². The van der Waals surface area contributed by atoms with Gasteiger partial charge in [0.1, 0.15) is 6.61 Å². The van der Waals surface area contributed by atoms with Gasteiger partial charge in [-0.15, -0.1) is 0 Å². The van der Waals surface area contributed by atoms with Gasteiger partial charge in [0, 0.05) is 12.8 Å². The highest BCUT2D eigenvalue weighted by Gasteiger charge is 2.16. The number of aliphatic hydroxyl groups is 1. The summed E-state index contributed by atoms with van der Waals surface area (Å²) in [4.78, 5) is 24.7. The number of ether oxygens (including phenoxy) is 2. The molecule has 0 amide bonds. The molecule has 0 saturated carbocycles. The molecule has 0 rings (SSSR count). The third-order valence-electron chi connectivity index (χ3n) is 18.3. The third-order valence-corrected chi connectivity index (χ3v) is 18.3. The zero-order chi connectivity index (χ0) is 64.0. The van der Waals surface area contributed by atoms with Crippen LogP contribution in [-0.4, -0.2) is 36.4 Å². The monoisotopic (exact) mass is 1240 g/mol. The van der Waals surface area contributed by atoms with Gasteiger partial charge in [0.05, 0.1) is 6.61 Å². The largest absolute Gasteiger partial charge is 0.462 e. The molecule has 0 saturated heterocycles. The Labute approximate surface area is 556 Å².